The summed E-state index contributed by atoms with van der Waals surface area (Å²) in [6.07, 6.45) is 3.59. The Morgan fingerprint density at radius 1 is 1.21 bits per heavy atom. The van der Waals surface area contributed by atoms with Gasteiger partial charge in [0.2, 0.25) is 0 Å². The molecular formula is C14H20FNO3. The number of carbonyl (C=O) groups is 1. The predicted octanol–water partition coefficient (Wildman–Crippen LogP) is 1.87. The van der Waals surface area contributed by atoms with E-state index in [-0.39, 0.29) is 24.9 Å². The molecule has 2 N–H and O–H groups in total. The molecule has 106 valence electrons. The van der Waals surface area contributed by atoms with E-state index in [1.807, 2.05) is 0 Å². The Kier molecular flexibility index (Phi) is 7.58. The Hall–Kier alpha value is -1.62. The van der Waals surface area contributed by atoms with E-state index in [4.69, 9.17) is 9.84 Å². The molecule has 0 saturated carbocycles. The van der Waals surface area contributed by atoms with E-state index in [0.717, 1.165) is 25.7 Å². The second-order valence-electron chi connectivity index (χ2n) is 4.21. The molecule has 1 rings (SSSR count). The summed E-state index contributed by atoms with van der Waals surface area (Å²) in [6, 6.07) is 5.98. The zero-order valence-corrected chi connectivity index (χ0v) is 10.9. The normalized spacial score (nSPS) is 10.2. The molecule has 0 fully saturated rings. The van der Waals surface area contributed by atoms with Gasteiger partial charge in [0.15, 0.2) is 18.2 Å². The van der Waals surface area contributed by atoms with Gasteiger partial charge in [0.05, 0.1) is 0 Å². The number of ether oxygens (including phenoxy) is 1. The first-order valence-corrected chi connectivity index (χ1v) is 6.49. The summed E-state index contributed by atoms with van der Waals surface area (Å²) in [5, 5.41) is 11.3. The van der Waals surface area contributed by atoms with Crippen LogP contribution in [0.3, 0.4) is 0 Å². The first-order chi connectivity index (χ1) is 9.24. The van der Waals surface area contributed by atoms with Crippen molar-refractivity contribution in [2.75, 3.05) is 19.8 Å². The van der Waals surface area contributed by atoms with Crippen LogP contribution in [-0.4, -0.2) is 30.8 Å². The number of aliphatic hydroxyl groups is 1. The fourth-order valence-electron chi connectivity index (χ4n) is 1.57. The van der Waals surface area contributed by atoms with Crippen LogP contribution in [0.1, 0.15) is 25.7 Å². The SMILES string of the molecule is O=C(COc1ccccc1F)NCCCCCCO. The number of aliphatic hydroxyl groups excluding tert-OH is 1. The summed E-state index contributed by atoms with van der Waals surface area (Å²) >= 11 is 0. The molecule has 0 aliphatic heterocycles. The smallest absolute Gasteiger partial charge is 0.257 e. The lowest BCUT2D eigenvalue weighted by atomic mass is 10.2. The van der Waals surface area contributed by atoms with Gasteiger partial charge < -0.3 is 15.2 Å². The van der Waals surface area contributed by atoms with Crippen LogP contribution in [0.25, 0.3) is 0 Å². The quantitative estimate of drug-likeness (QED) is 0.673. The molecule has 0 unspecified atom stereocenters. The molecule has 0 heterocycles. The average Bonchev–Trinajstić information content (AvgIpc) is 2.42. The highest BCUT2D eigenvalue weighted by atomic mass is 19.1. The molecule has 0 bridgehead atoms. The predicted molar refractivity (Wildman–Crippen MR) is 70.5 cm³/mol. The van der Waals surface area contributed by atoms with Crippen LogP contribution in [0.5, 0.6) is 5.75 Å². The standard InChI is InChI=1S/C14H20FNO3/c15-12-7-3-4-8-13(12)19-11-14(18)16-9-5-1-2-6-10-17/h3-4,7-8,17H,1-2,5-6,9-11H2,(H,16,18). The lowest BCUT2D eigenvalue weighted by Crippen LogP contribution is -2.29. The molecule has 0 atom stereocenters. The van der Waals surface area contributed by atoms with Crippen LogP contribution in [0.2, 0.25) is 0 Å². The molecule has 5 heteroatoms. The summed E-state index contributed by atoms with van der Waals surface area (Å²) < 4.78 is 18.3. The molecule has 0 spiro atoms. The van der Waals surface area contributed by atoms with Gasteiger partial charge in [-0.15, -0.1) is 0 Å². The Labute approximate surface area is 112 Å². The highest BCUT2D eigenvalue weighted by Crippen LogP contribution is 2.14. The van der Waals surface area contributed by atoms with Gasteiger partial charge >= 0.3 is 0 Å². The Bertz CT molecular complexity index is 385. The van der Waals surface area contributed by atoms with Gasteiger partial charge in [-0.2, -0.15) is 0 Å². The minimum atomic E-state index is -0.473. The first-order valence-electron chi connectivity index (χ1n) is 6.49. The minimum absolute atomic E-state index is 0.0839. The van der Waals surface area contributed by atoms with Crippen LogP contribution < -0.4 is 10.1 Å². The van der Waals surface area contributed by atoms with Crippen LogP contribution in [0.15, 0.2) is 24.3 Å². The maximum absolute atomic E-state index is 13.2. The molecule has 0 aliphatic carbocycles. The van der Waals surface area contributed by atoms with Gasteiger partial charge in [-0.3, -0.25) is 4.79 Å². The fraction of sp³-hybridized carbons (Fsp3) is 0.500. The minimum Gasteiger partial charge on any atom is -0.481 e. The molecule has 19 heavy (non-hydrogen) atoms. The van der Waals surface area contributed by atoms with Crippen LogP contribution >= 0.6 is 0 Å². The second kappa shape index (κ2) is 9.33. The average molecular weight is 269 g/mol. The summed E-state index contributed by atoms with van der Waals surface area (Å²) in [5.41, 5.74) is 0. The van der Waals surface area contributed by atoms with Gasteiger partial charge in [-0.05, 0) is 25.0 Å². The molecule has 0 aromatic heterocycles. The van der Waals surface area contributed by atoms with Crippen LogP contribution in [-0.2, 0) is 4.79 Å². The molecule has 1 aromatic rings. The summed E-state index contributed by atoms with van der Waals surface area (Å²) in [5.74, 6) is -0.648. The van der Waals surface area contributed by atoms with E-state index >= 15 is 0 Å². The lowest BCUT2D eigenvalue weighted by molar-refractivity contribution is -0.123. The number of halogens is 1. The molecule has 0 saturated heterocycles. The molecule has 1 aromatic carbocycles. The maximum atomic E-state index is 13.2. The van der Waals surface area contributed by atoms with Crippen molar-refractivity contribution in [3.8, 4) is 5.75 Å². The van der Waals surface area contributed by atoms with Crippen LogP contribution in [0.4, 0.5) is 4.39 Å². The molecule has 0 radical (unpaired) electrons. The Morgan fingerprint density at radius 3 is 2.68 bits per heavy atom. The van der Waals surface area contributed by atoms with Crippen molar-refractivity contribution in [1.82, 2.24) is 5.32 Å². The third-order valence-corrected chi connectivity index (χ3v) is 2.60. The summed E-state index contributed by atoms with van der Waals surface area (Å²) in [4.78, 5) is 11.4. The highest BCUT2D eigenvalue weighted by molar-refractivity contribution is 5.77. The molecule has 4 nitrogen and oxygen atoms in total. The number of nitrogens with one attached hydrogen (secondary N) is 1. The van der Waals surface area contributed by atoms with Crippen LogP contribution in [0, 0.1) is 5.82 Å². The van der Waals surface area contributed by atoms with Crippen molar-refractivity contribution in [2.24, 2.45) is 0 Å². The van der Waals surface area contributed by atoms with Crippen molar-refractivity contribution in [1.29, 1.82) is 0 Å². The lowest BCUT2D eigenvalue weighted by Gasteiger charge is -2.07. The number of unbranched alkanes of at least 4 members (excludes halogenated alkanes) is 3. The van der Waals surface area contributed by atoms with E-state index in [9.17, 15) is 9.18 Å². The van der Waals surface area contributed by atoms with E-state index in [0.29, 0.717) is 6.54 Å². The number of hydrogen-bond donors (Lipinski definition) is 2. The molecule has 0 aliphatic rings. The Morgan fingerprint density at radius 2 is 1.95 bits per heavy atom. The van der Waals surface area contributed by atoms with Crippen molar-refractivity contribution < 1.29 is 19.0 Å². The van der Waals surface area contributed by atoms with Crippen molar-refractivity contribution >= 4 is 5.91 Å². The van der Waals surface area contributed by atoms with E-state index < -0.39 is 5.82 Å². The van der Waals surface area contributed by atoms with Crippen molar-refractivity contribution in [2.45, 2.75) is 25.7 Å². The van der Waals surface area contributed by atoms with E-state index in [1.54, 1.807) is 12.1 Å². The maximum Gasteiger partial charge on any atom is 0.257 e. The monoisotopic (exact) mass is 269 g/mol. The second-order valence-corrected chi connectivity index (χ2v) is 4.21. The van der Waals surface area contributed by atoms with E-state index in [2.05, 4.69) is 5.32 Å². The molecule has 1 amide bonds. The van der Waals surface area contributed by atoms with Gasteiger partial charge in [-0.1, -0.05) is 25.0 Å². The van der Waals surface area contributed by atoms with E-state index in [1.165, 1.54) is 12.1 Å². The third-order valence-electron chi connectivity index (χ3n) is 2.60. The number of para-hydroxylation sites is 1. The van der Waals surface area contributed by atoms with Gasteiger partial charge in [-0.25, -0.2) is 4.39 Å². The number of rotatable bonds is 9. The topological polar surface area (TPSA) is 58.6 Å². The number of carbonyl (C=O) groups excluding carboxylic acids is 1. The summed E-state index contributed by atoms with van der Waals surface area (Å²) in [6.45, 7) is 0.602. The summed E-state index contributed by atoms with van der Waals surface area (Å²) in [7, 11) is 0. The highest BCUT2D eigenvalue weighted by Gasteiger charge is 2.05. The number of hydrogen-bond acceptors (Lipinski definition) is 3. The van der Waals surface area contributed by atoms with Gasteiger partial charge in [0.1, 0.15) is 0 Å². The fourth-order valence-corrected chi connectivity index (χ4v) is 1.57. The number of amides is 1. The number of benzene rings is 1. The van der Waals surface area contributed by atoms with Gasteiger partial charge in [0.25, 0.3) is 5.91 Å². The van der Waals surface area contributed by atoms with Gasteiger partial charge in [0, 0.05) is 13.2 Å². The molecular weight excluding hydrogens is 249 g/mol. The zero-order chi connectivity index (χ0) is 13.9. The van der Waals surface area contributed by atoms with Crippen molar-refractivity contribution in [3.05, 3.63) is 30.1 Å². The third kappa shape index (κ3) is 6.76. The first kappa shape index (κ1) is 15.4. The zero-order valence-electron chi connectivity index (χ0n) is 10.9. The Balaban J connectivity index is 2.10. The largest absolute Gasteiger partial charge is 0.481 e. The van der Waals surface area contributed by atoms with Crippen molar-refractivity contribution in [3.63, 3.8) is 0 Å².